The van der Waals surface area contributed by atoms with E-state index >= 15 is 0 Å². The Kier molecular flexibility index (Phi) is 84.0. The van der Waals surface area contributed by atoms with Crippen LogP contribution in [0.1, 0.15) is 288 Å². The molecule has 0 rings (SSSR count). The molecule has 0 aliphatic carbocycles. The van der Waals surface area contributed by atoms with E-state index < -0.39 is 30.0 Å². The minimum Gasteiger partial charge on any atom is -0.462 e. The molecule has 0 aliphatic heterocycles. The Morgan fingerprint density at radius 2 is 0.438 bits per heavy atom. The summed E-state index contributed by atoms with van der Waals surface area (Å²) in [6.45, 7) is 22.9. The molecule has 708 valence electrons. The van der Waals surface area contributed by atoms with E-state index in [9.17, 15) is 47.9 Å². The minimum absolute atomic E-state index is 0.00379. The Morgan fingerprint density at radius 3 is 0.686 bits per heavy atom. The van der Waals surface area contributed by atoms with Crippen molar-refractivity contribution in [3.05, 3.63) is 0 Å². The first kappa shape index (κ1) is 117. The Hall–Kier alpha value is -3.91. The van der Waals surface area contributed by atoms with Gasteiger partial charge < -0.3 is 72.7 Å². The molecule has 0 aromatic carbocycles. The van der Waals surface area contributed by atoms with Crippen LogP contribution in [0.15, 0.2) is 0 Å². The van der Waals surface area contributed by atoms with E-state index in [2.05, 4.69) is 50.2 Å². The van der Waals surface area contributed by atoms with Gasteiger partial charge in [-0.05, 0) is 60.9 Å². The lowest BCUT2D eigenvalue weighted by molar-refractivity contribution is -0.154. The van der Waals surface area contributed by atoms with Crippen LogP contribution in [0.3, 0.4) is 0 Å². The SMILES string of the molecule is CCCCCCCCSCC(C)C(=O)OCCOC(=O)CCN(CCNCCN(CCC(=O)OCCOC(=O)C(C)CSCCCCCCCC)CCC(=O)OCCOC(=O)C(C)CSCCCCCCCC)CCNCCN(CCC(=O)OCCOC(=O)C(C)CSCCCCCCCC)C(=O)OCCOC(=O)C(C)CSCCCCCCCC. The maximum Gasteiger partial charge on any atom is 0.409 e. The number of ether oxygens (including phenoxy) is 10. The van der Waals surface area contributed by atoms with E-state index in [4.69, 9.17) is 47.4 Å². The van der Waals surface area contributed by atoms with Crippen LogP contribution in [0, 0.1) is 29.6 Å². The molecule has 5 atom stereocenters. The lowest BCUT2D eigenvalue weighted by Gasteiger charge is -2.25. The molecule has 0 spiro atoms. The first-order chi connectivity index (χ1) is 58.7. The summed E-state index contributed by atoms with van der Waals surface area (Å²) in [6.07, 6.45) is 35.3. The number of nitrogens with zero attached hydrogens (tertiary/aromatic N) is 3. The summed E-state index contributed by atoms with van der Waals surface area (Å²) in [6, 6.07) is 0. The molecule has 0 saturated carbocycles. The van der Waals surface area contributed by atoms with Crippen LogP contribution in [0.4, 0.5) is 4.79 Å². The molecule has 1 amide bonds. The second-order valence-corrected chi connectivity index (χ2v) is 37.5. The van der Waals surface area contributed by atoms with Crippen LogP contribution in [-0.4, -0.2) is 277 Å². The molecule has 0 saturated heterocycles. The highest BCUT2D eigenvalue weighted by Gasteiger charge is 2.23. The molecule has 2 N–H and O–H groups in total. The maximum atomic E-state index is 13.7. The lowest BCUT2D eigenvalue weighted by atomic mass is 10.1. The molecular weight excluding hydrogens is 1640 g/mol. The highest BCUT2D eigenvalue weighted by molar-refractivity contribution is 8.00. The van der Waals surface area contributed by atoms with Gasteiger partial charge in [0.2, 0.25) is 0 Å². The normalized spacial score (nSPS) is 12.6. The number of carbonyl (C=O) groups excluding carboxylic acids is 10. The summed E-state index contributed by atoms with van der Waals surface area (Å²) in [5, 5.41) is 6.86. The van der Waals surface area contributed by atoms with Crippen molar-refractivity contribution < 1.29 is 95.3 Å². The number of hydrogen-bond donors (Lipinski definition) is 2. The van der Waals surface area contributed by atoms with E-state index in [-0.39, 0.29) is 184 Å². The van der Waals surface area contributed by atoms with Gasteiger partial charge in [-0.2, -0.15) is 58.8 Å². The maximum absolute atomic E-state index is 13.7. The number of esters is 9. The summed E-state index contributed by atoms with van der Waals surface area (Å²) in [4.78, 5) is 136. The predicted molar refractivity (Wildman–Crippen MR) is 498 cm³/mol. The zero-order valence-electron chi connectivity index (χ0n) is 77.1. The van der Waals surface area contributed by atoms with Crippen molar-refractivity contribution in [2.45, 2.75) is 288 Å². The summed E-state index contributed by atoms with van der Waals surface area (Å²) in [5.74, 6) is 2.86. The van der Waals surface area contributed by atoms with Gasteiger partial charge in [0.1, 0.15) is 66.1 Å². The first-order valence-electron chi connectivity index (χ1n) is 46.8. The number of thioether (sulfide) groups is 5. The van der Waals surface area contributed by atoms with Gasteiger partial charge in [0.05, 0.1) is 55.3 Å². The zero-order valence-corrected chi connectivity index (χ0v) is 81.2. The fraction of sp³-hybridized carbons (Fsp3) is 0.890. The van der Waals surface area contributed by atoms with Gasteiger partial charge in [0, 0.05) is 107 Å². The van der Waals surface area contributed by atoms with E-state index in [0.717, 1.165) is 60.9 Å². The number of hydrogen-bond acceptors (Lipinski definition) is 29. The third kappa shape index (κ3) is 75.9. The number of carbonyl (C=O) groups is 10. The number of rotatable bonds is 89. The quantitative estimate of drug-likeness (QED) is 0.0325. The highest BCUT2D eigenvalue weighted by Crippen LogP contribution is 2.20. The van der Waals surface area contributed by atoms with E-state index in [1.807, 2.05) is 39.5 Å². The molecule has 121 heavy (non-hydrogen) atoms. The molecule has 0 aliphatic rings. The molecule has 30 heteroatoms. The summed E-state index contributed by atoms with van der Waals surface area (Å²) in [5.41, 5.74) is 0. The Morgan fingerprint density at radius 1 is 0.240 bits per heavy atom. The van der Waals surface area contributed by atoms with Crippen molar-refractivity contribution in [3.8, 4) is 0 Å². The van der Waals surface area contributed by atoms with Crippen molar-refractivity contribution >= 4 is 119 Å². The van der Waals surface area contributed by atoms with Crippen LogP contribution in [0.25, 0.3) is 0 Å². The summed E-state index contributed by atoms with van der Waals surface area (Å²) >= 11 is 8.71. The number of amides is 1. The monoisotopic (exact) mass is 1810 g/mol. The lowest BCUT2D eigenvalue weighted by Crippen LogP contribution is -2.42. The largest absolute Gasteiger partial charge is 0.462 e. The fourth-order valence-electron chi connectivity index (χ4n) is 12.2. The highest BCUT2D eigenvalue weighted by atomic mass is 32.2. The van der Waals surface area contributed by atoms with Gasteiger partial charge in [-0.25, -0.2) is 4.79 Å². The van der Waals surface area contributed by atoms with Gasteiger partial charge in [-0.1, -0.05) is 230 Å². The van der Waals surface area contributed by atoms with Crippen LogP contribution >= 0.6 is 58.8 Å². The van der Waals surface area contributed by atoms with E-state index in [0.29, 0.717) is 74.6 Å². The number of unbranched alkanes of at least 4 members (excludes halogenated alkanes) is 25. The van der Waals surface area contributed by atoms with Gasteiger partial charge in [0.15, 0.2) is 0 Å². The van der Waals surface area contributed by atoms with Gasteiger partial charge in [-0.3, -0.25) is 43.2 Å². The average molecular weight is 1810 g/mol. The number of nitrogens with one attached hydrogen (secondary N) is 2. The molecule has 0 heterocycles. The van der Waals surface area contributed by atoms with E-state index in [1.54, 1.807) is 58.8 Å². The standard InChI is InChI=1S/C91H169N5O20S5/c1-11-16-21-26-31-36-67-117-72-77(6)86(101)111-61-57-107-82(97)41-49-94(50-42-83(98)108-58-62-112-87(102)78(7)73-118-68-37-32-27-22-17-12-2)53-45-92-46-54-95(51-43-84(99)109-59-63-113-88(103)79(8)74-119-69-38-33-28-23-18-13-3)55-47-93-48-56-96(91(106)116-66-65-115-90(105)81(10)76-121-71-40-35-30-25-20-15-5)52-44-85(100)110-60-64-114-89(104)80(9)75-120-70-39-34-29-24-19-14-4/h77-81,92-93H,11-76H2,1-10H3. The molecule has 0 aromatic rings. The molecule has 0 aromatic heterocycles. The Bertz CT molecular complexity index is 2500. The first-order valence-corrected chi connectivity index (χ1v) is 52.6. The van der Waals surface area contributed by atoms with Crippen molar-refractivity contribution in [2.24, 2.45) is 29.6 Å². The molecule has 25 nitrogen and oxygen atoms in total. The van der Waals surface area contributed by atoms with Gasteiger partial charge in [0.25, 0.3) is 0 Å². The van der Waals surface area contributed by atoms with Crippen molar-refractivity contribution in [1.82, 2.24) is 25.3 Å². The molecule has 0 bridgehead atoms. The van der Waals surface area contributed by atoms with Gasteiger partial charge >= 0.3 is 59.8 Å². The third-order valence-corrected chi connectivity index (χ3v) is 26.7. The van der Waals surface area contributed by atoms with Crippen molar-refractivity contribution in [3.63, 3.8) is 0 Å². The topological polar surface area (TPSA) is 297 Å². The second-order valence-electron chi connectivity index (χ2n) is 31.7. The van der Waals surface area contributed by atoms with Crippen LogP contribution in [0.2, 0.25) is 0 Å². The second kappa shape index (κ2) is 86.8. The molecule has 5 unspecified atom stereocenters. The Balaban J connectivity index is 6.23. The van der Waals surface area contributed by atoms with Crippen LogP contribution in [-0.2, 0) is 90.5 Å². The Labute approximate surface area is 753 Å². The minimum atomic E-state index is -0.719. The van der Waals surface area contributed by atoms with Crippen molar-refractivity contribution in [1.29, 1.82) is 0 Å². The summed E-state index contributed by atoms with van der Waals surface area (Å²) in [7, 11) is 0. The average Bonchev–Trinajstić information content (AvgIpc) is 0.924. The van der Waals surface area contributed by atoms with Crippen LogP contribution in [0.5, 0.6) is 0 Å². The molecule has 0 fully saturated rings. The molecule has 0 radical (unpaired) electrons. The smallest absolute Gasteiger partial charge is 0.409 e. The third-order valence-electron chi connectivity index (χ3n) is 20.1. The zero-order chi connectivity index (χ0) is 89.1. The molecular formula is C91H169N5O20S5. The van der Waals surface area contributed by atoms with Crippen molar-refractivity contribution in [2.75, 3.05) is 202 Å². The van der Waals surface area contributed by atoms with E-state index in [1.165, 1.54) is 165 Å². The predicted octanol–water partition coefficient (Wildman–Crippen LogP) is 17.3. The fourth-order valence-corrected chi connectivity index (χ4v) is 17.6. The van der Waals surface area contributed by atoms with Crippen LogP contribution < -0.4 is 10.6 Å². The van der Waals surface area contributed by atoms with Gasteiger partial charge in [-0.15, -0.1) is 0 Å². The summed E-state index contributed by atoms with van der Waals surface area (Å²) < 4.78 is 54.9.